The molecule has 0 aliphatic carbocycles. The molecule has 2 heterocycles. The second-order valence-electron chi connectivity index (χ2n) is 5.41. The van der Waals surface area contributed by atoms with E-state index in [4.69, 9.17) is 21.5 Å². The molecule has 0 amide bonds. The Hall–Kier alpha value is -4.12. The number of nitrogen functional groups attached to an aromatic ring is 2. The van der Waals surface area contributed by atoms with Crippen LogP contribution in [0.4, 0.5) is 26.1 Å². The van der Waals surface area contributed by atoms with Crippen LogP contribution >= 0.6 is 0 Å². The number of anilines is 3. The van der Waals surface area contributed by atoms with E-state index in [0.29, 0.717) is 0 Å². The molecular weight excluding hydrogens is 358 g/mol. The predicted octanol–water partition coefficient (Wildman–Crippen LogP) is 1.35. The molecule has 1 aromatic carbocycles. The number of ether oxygens (including phenoxy) is 1. The fourth-order valence-corrected chi connectivity index (χ4v) is 2.73. The Labute approximate surface area is 151 Å². The number of guanidine groups is 1. The van der Waals surface area contributed by atoms with Gasteiger partial charge in [0.1, 0.15) is 46.7 Å². The van der Waals surface area contributed by atoms with Crippen molar-refractivity contribution < 1.29 is 13.5 Å². The maximum absolute atomic E-state index is 14.6. The molecule has 3 rings (SSSR count). The average Bonchev–Trinajstić information content (AvgIpc) is 2.61. The molecule has 1 aliphatic heterocycles. The maximum Gasteiger partial charge on any atom is 0.211 e. The van der Waals surface area contributed by atoms with Crippen LogP contribution < -0.4 is 26.8 Å². The molecule has 0 saturated heterocycles. The van der Waals surface area contributed by atoms with Crippen molar-refractivity contribution >= 4 is 23.3 Å². The highest BCUT2D eigenvalue weighted by Crippen LogP contribution is 2.42. The van der Waals surface area contributed by atoms with Gasteiger partial charge in [0.2, 0.25) is 5.96 Å². The smallest absolute Gasteiger partial charge is 0.211 e. The molecule has 9 nitrogen and oxygen atoms in total. The van der Waals surface area contributed by atoms with Gasteiger partial charge in [-0.2, -0.15) is 10.5 Å². The first-order chi connectivity index (χ1) is 12.9. The summed E-state index contributed by atoms with van der Waals surface area (Å²) >= 11 is 0. The van der Waals surface area contributed by atoms with Gasteiger partial charge in [-0.3, -0.25) is 5.32 Å². The predicted molar refractivity (Wildman–Crippen MR) is 92.3 cm³/mol. The number of hydrogen-bond donors (Lipinski definition) is 4. The molecule has 0 saturated carbocycles. The summed E-state index contributed by atoms with van der Waals surface area (Å²) in [6, 6.07) is 2.46. The molecular formula is C16H12F2N8O. The lowest BCUT2D eigenvalue weighted by atomic mass is 9.94. The van der Waals surface area contributed by atoms with Crippen molar-refractivity contribution in [3.63, 3.8) is 0 Å². The van der Waals surface area contributed by atoms with Crippen LogP contribution in [0, 0.1) is 34.4 Å². The molecule has 0 bridgehead atoms. The van der Waals surface area contributed by atoms with Crippen LogP contribution in [0.15, 0.2) is 17.1 Å². The molecule has 0 spiro atoms. The van der Waals surface area contributed by atoms with E-state index in [1.807, 2.05) is 0 Å². The van der Waals surface area contributed by atoms with Gasteiger partial charge in [-0.1, -0.05) is 0 Å². The minimum atomic E-state index is -1.32. The number of nitrogens with two attached hydrogens (primary N) is 2. The number of nitrogens with one attached hydrogen (secondary N) is 2. The molecule has 1 atom stereocenters. The van der Waals surface area contributed by atoms with E-state index in [0.717, 1.165) is 12.1 Å². The van der Waals surface area contributed by atoms with Crippen LogP contribution in [0.2, 0.25) is 0 Å². The Morgan fingerprint density at radius 3 is 2.44 bits per heavy atom. The Morgan fingerprint density at radius 2 is 1.89 bits per heavy atom. The molecule has 1 aromatic heterocycles. The van der Waals surface area contributed by atoms with Crippen LogP contribution in [0.1, 0.15) is 22.7 Å². The van der Waals surface area contributed by atoms with Gasteiger partial charge in [0.05, 0.1) is 18.4 Å². The average molecular weight is 370 g/mol. The summed E-state index contributed by atoms with van der Waals surface area (Å²) in [5.41, 5.74) is 11.1. The SMILES string of the molecule is COc1cc(F)c(C2N=C(NC#N)Nc3nc(N)c(C#N)c(N)c32)c(F)c1. The molecule has 1 unspecified atom stereocenters. The van der Waals surface area contributed by atoms with Crippen molar-refractivity contribution in [2.24, 2.45) is 4.99 Å². The Kier molecular flexibility index (Phi) is 4.36. The number of nitrogens with zero attached hydrogens (tertiary/aromatic N) is 4. The number of hydrogen-bond acceptors (Lipinski definition) is 9. The van der Waals surface area contributed by atoms with Crippen molar-refractivity contribution in [3.05, 3.63) is 40.5 Å². The minimum absolute atomic E-state index is 0.0244. The second kappa shape index (κ2) is 6.65. The molecule has 11 heteroatoms. The van der Waals surface area contributed by atoms with E-state index in [-0.39, 0.29) is 40.2 Å². The van der Waals surface area contributed by atoms with Gasteiger partial charge in [0, 0.05) is 17.7 Å². The Balaban J connectivity index is 2.31. The molecule has 0 radical (unpaired) electrons. The Morgan fingerprint density at radius 1 is 1.22 bits per heavy atom. The summed E-state index contributed by atoms with van der Waals surface area (Å²) in [5.74, 6) is -2.17. The highest BCUT2D eigenvalue weighted by atomic mass is 19.1. The van der Waals surface area contributed by atoms with Gasteiger partial charge in [0.15, 0.2) is 6.19 Å². The van der Waals surface area contributed by atoms with E-state index in [1.54, 1.807) is 12.3 Å². The summed E-state index contributed by atoms with van der Waals surface area (Å²) in [5, 5.41) is 23.0. The van der Waals surface area contributed by atoms with Crippen molar-refractivity contribution in [1.82, 2.24) is 10.3 Å². The van der Waals surface area contributed by atoms with Crippen LogP contribution in [0.5, 0.6) is 5.75 Å². The van der Waals surface area contributed by atoms with Crippen molar-refractivity contribution in [3.8, 4) is 18.0 Å². The zero-order valence-electron chi connectivity index (χ0n) is 13.8. The number of benzene rings is 1. The number of rotatable bonds is 2. The first-order valence-electron chi connectivity index (χ1n) is 7.43. The molecule has 6 N–H and O–H groups in total. The lowest BCUT2D eigenvalue weighted by Gasteiger charge is -2.26. The zero-order chi connectivity index (χ0) is 19.7. The summed E-state index contributed by atoms with van der Waals surface area (Å²) in [4.78, 5) is 8.12. The van der Waals surface area contributed by atoms with E-state index < -0.39 is 23.2 Å². The number of nitriles is 2. The number of fused-ring (bicyclic) bond motifs is 1. The highest BCUT2D eigenvalue weighted by Gasteiger charge is 2.33. The maximum atomic E-state index is 14.6. The fraction of sp³-hybridized carbons (Fsp3) is 0.125. The van der Waals surface area contributed by atoms with Gasteiger partial charge in [-0.25, -0.2) is 18.8 Å². The van der Waals surface area contributed by atoms with Crippen molar-refractivity contribution in [1.29, 1.82) is 10.5 Å². The summed E-state index contributed by atoms with van der Waals surface area (Å²) < 4.78 is 34.1. The number of methoxy groups -OCH3 is 1. The van der Waals surface area contributed by atoms with Gasteiger partial charge in [-0.05, 0) is 0 Å². The molecule has 136 valence electrons. The third-order valence-electron chi connectivity index (χ3n) is 3.92. The van der Waals surface area contributed by atoms with Crippen molar-refractivity contribution in [2.75, 3.05) is 23.9 Å². The van der Waals surface area contributed by atoms with E-state index >= 15 is 0 Å². The van der Waals surface area contributed by atoms with Crippen LogP contribution in [0.25, 0.3) is 0 Å². The van der Waals surface area contributed by atoms with Crippen molar-refractivity contribution in [2.45, 2.75) is 6.04 Å². The fourth-order valence-electron chi connectivity index (χ4n) is 2.73. The first kappa shape index (κ1) is 17.7. The third kappa shape index (κ3) is 2.87. The van der Waals surface area contributed by atoms with Crippen LogP contribution in [-0.4, -0.2) is 18.1 Å². The van der Waals surface area contributed by atoms with Gasteiger partial charge < -0.3 is 21.5 Å². The van der Waals surface area contributed by atoms with E-state index in [2.05, 4.69) is 20.6 Å². The quantitative estimate of drug-likeness (QED) is 0.455. The lowest BCUT2D eigenvalue weighted by molar-refractivity contribution is 0.404. The first-order valence-corrected chi connectivity index (χ1v) is 7.43. The van der Waals surface area contributed by atoms with Crippen LogP contribution in [-0.2, 0) is 0 Å². The summed E-state index contributed by atoms with van der Waals surface area (Å²) in [7, 11) is 1.27. The number of pyridine rings is 1. The summed E-state index contributed by atoms with van der Waals surface area (Å²) in [6.45, 7) is 0. The molecule has 1 aliphatic rings. The standard InChI is InChI=1S/C16H12F2N8O/c1-27-6-2-8(17)10(9(18)3-6)13-11-12(21)7(4-19)14(22)25-15(11)26-16(24-13)23-5-20/h2-3,13H,1H3,(H6,21,22,23,24,25,26). The Bertz CT molecular complexity index is 1030. The topological polar surface area (TPSA) is 158 Å². The van der Waals surface area contributed by atoms with Crippen LogP contribution in [0.3, 0.4) is 0 Å². The van der Waals surface area contributed by atoms with Gasteiger partial charge in [0.25, 0.3) is 0 Å². The van der Waals surface area contributed by atoms with E-state index in [1.165, 1.54) is 7.11 Å². The molecule has 27 heavy (non-hydrogen) atoms. The molecule has 0 fully saturated rings. The molecule has 2 aromatic rings. The highest BCUT2D eigenvalue weighted by molar-refractivity contribution is 5.98. The number of aromatic nitrogens is 1. The largest absolute Gasteiger partial charge is 0.497 e. The number of halogens is 2. The monoisotopic (exact) mass is 370 g/mol. The number of aliphatic imine (C=N–C) groups is 1. The summed E-state index contributed by atoms with van der Waals surface area (Å²) in [6.07, 6.45) is 1.65. The normalized spacial score (nSPS) is 14.9. The van der Waals surface area contributed by atoms with E-state index in [9.17, 15) is 14.0 Å². The lowest BCUT2D eigenvalue weighted by Crippen LogP contribution is -2.33. The van der Waals surface area contributed by atoms with Gasteiger partial charge >= 0.3 is 0 Å². The van der Waals surface area contributed by atoms with Gasteiger partial charge in [-0.15, -0.1) is 0 Å². The second-order valence-corrected chi connectivity index (χ2v) is 5.41. The third-order valence-corrected chi connectivity index (χ3v) is 3.92. The zero-order valence-corrected chi connectivity index (χ0v) is 13.8. The minimum Gasteiger partial charge on any atom is -0.497 e.